The Bertz CT molecular complexity index is 1100. The summed E-state index contributed by atoms with van der Waals surface area (Å²) in [6.07, 6.45) is 3.59. The van der Waals surface area contributed by atoms with Gasteiger partial charge in [0.1, 0.15) is 22.5 Å². The van der Waals surface area contributed by atoms with Crippen molar-refractivity contribution in [3.8, 4) is 11.4 Å². The number of hydrogen-bond donors (Lipinski definition) is 1. The van der Waals surface area contributed by atoms with Crippen LogP contribution in [0.25, 0.3) is 16.7 Å². The maximum absolute atomic E-state index is 10.1. The van der Waals surface area contributed by atoms with Crippen molar-refractivity contribution in [2.24, 2.45) is 0 Å². The molecule has 0 aliphatic carbocycles. The van der Waals surface area contributed by atoms with Gasteiger partial charge in [0.05, 0.1) is 0 Å². The molecule has 0 spiro atoms. The van der Waals surface area contributed by atoms with E-state index in [-0.39, 0.29) is 5.75 Å². The van der Waals surface area contributed by atoms with Crippen molar-refractivity contribution in [3.05, 3.63) is 71.8 Å². The van der Waals surface area contributed by atoms with E-state index in [1.54, 1.807) is 17.8 Å². The van der Waals surface area contributed by atoms with Gasteiger partial charge in [-0.15, -0.1) is 15.0 Å². The quantitative estimate of drug-likeness (QED) is 0.444. The number of aryl methyl sites for hydroxylation is 2. The number of aromatic hydroxyl groups is 1. The topological polar surface area (TPSA) is 50.9 Å². The third-order valence-corrected chi connectivity index (χ3v) is 5.67. The van der Waals surface area contributed by atoms with Crippen LogP contribution in [-0.2, 0) is 6.42 Å². The van der Waals surface area contributed by atoms with Gasteiger partial charge >= 0.3 is 0 Å². The zero-order valence-corrected chi connectivity index (χ0v) is 16.9. The van der Waals surface area contributed by atoms with E-state index < -0.39 is 0 Å². The lowest BCUT2D eigenvalue weighted by Gasteiger charge is -2.04. The third kappa shape index (κ3) is 4.04. The third-order valence-electron chi connectivity index (χ3n) is 4.68. The summed E-state index contributed by atoms with van der Waals surface area (Å²) in [5.74, 6) is 0.170. The van der Waals surface area contributed by atoms with Crippen LogP contribution in [0.5, 0.6) is 5.75 Å². The van der Waals surface area contributed by atoms with Crippen LogP contribution < -0.4 is 0 Å². The van der Waals surface area contributed by atoms with Gasteiger partial charge in [-0.25, -0.2) is 0 Å². The van der Waals surface area contributed by atoms with E-state index in [0.29, 0.717) is 5.69 Å². The maximum Gasteiger partial charge on any atom is 0.143 e. The summed E-state index contributed by atoms with van der Waals surface area (Å²) in [4.78, 5) is 3.84. The van der Waals surface area contributed by atoms with Crippen molar-refractivity contribution < 1.29 is 5.11 Å². The molecule has 4 nitrogen and oxygen atoms in total. The normalized spacial score (nSPS) is 11.2. The van der Waals surface area contributed by atoms with Gasteiger partial charge in [0.15, 0.2) is 0 Å². The minimum absolute atomic E-state index is 0.170. The highest BCUT2D eigenvalue weighted by Crippen LogP contribution is 2.30. The maximum atomic E-state index is 10.1. The van der Waals surface area contributed by atoms with Gasteiger partial charge in [-0.05, 0) is 73.4 Å². The zero-order valence-electron chi connectivity index (χ0n) is 16.1. The molecule has 0 bridgehead atoms. The molecule has 0 saturated heterocycles. The number of aromatic nitrogens is 3. The Kier molecular flexibility index (Phi) is 5.35. The molecule has 1 aromatic heterocycles. The van der Waals surface area contributed by atoms with Crippen LogP contribution in [0.15, 0.2) is 70.5 Å². The predicted octanol–water partition coefficient (Wildman–Crippen LogP) is 5.93. The smallest absolute Gasteiger partial charge is 0.143 e. The second-order valence-corrected chi connectivity index (χ2v) is 8.13. The molecular weight excluding hydrogens is 366 g/mol. The lowest BCUT2D eigenvalue weighted by Crippen LogP contribution is -1.99. The summed E-state index contributed by atoms with van der Waals surface area (Å²) >= 11 is 1.72. The van der Waals surface area contributed by atoms with E-state index in [2.05, 4.69) is 47.5 Å². The Balaban J connectivity index is 1.57. The van der Waals surface area contributed by atoms with Gasteiger partial charge in [0, 0.05) is 9.79 Å². The molecule has 1 N–H and O–H groups in total. The number of benzene rings is 3. The Hall–Kier alpha value is -2.79. The number of unbranched alkanes of at least 4 members (excludes halogenated alkanes) is 1. The SMILES string of the molecule is CCCCc1ccc(Sc2ccc3nn(-c4cc(C)ccc4O)nc3c2)cc1. The highest BCUT2D eigenvalue weighted by atomic mass is 32.2. The molecule has 0 radical (unpaired) electrons. The van der Waals surface area contributed by atoms with Crippen LogP contribution in [0.4, 0.5) is 0 Å². The Morgan fingerprint density at radius 1 is 0.893 bits per heavy atom. The fraction of sp³-hybridized carbons (Fsp3) is 0.217. The molecule has 4 rings (SSSR count). The number of phenols is 1. The van der Waals surface area contributed by atoms with E-state index in [4.69, 9.17) is 0 Å². The molecule has 28 heavy (non-hydrogen) atoms. The number of phenolic OH excluding ortho intramolecular Hbond substituents is 1. The standard InChI is InChI=1S/C23H23N3OS/c1-3-4-5-17-7-9-18(10-8-17)28-19-11-12-20-21(15-19)25-26(24-20)22-14-16(2)6-13-23(22)27/h6-15,27H,3-5H2,1-2H3. The number of hydrogen-bond acceptors (Lipinski definition) is 4. The van der Waals surface area contributed by atoms with Gasteiger partial charge in [-0.1, -0.05) is 43.3 Å². The first-order valence-corrected chi connectivity index (χ1v) is 10.4. The second-order valence-electron chi connectivity index (χ2n) is 6.98. The first-order chi connectivity index (χ1) is 13.6. The van der Waals surface area contributed by atoms with E-state index in [1.807, 2.05) is 31.2 Å². The van der Waals surface area contributed by atoms with E-state index >= 15 is 0 Å². The average molecular weight is 390 g/mol. The van der Waals surface area contributed by atoms with Gasteiger partial charge in [-0.3, -0.25) is 0 Å². The number of nitrogens with zero attached hydrogens (tertiary/aromatic N) is 3. The summed E-state index contributed by atoms with van der Waals surface area (Å²) in [7, 11) is 0. The zero-order chi connectivity index (χ0) is 19.5. The van der Waals surface area contributed by atoms with Crippen LogP contribution in [0.3, 0.4) is 0 Å². The molecule has 0 aliphatic heterocycles. The average Bonchev–Trinajstić information content (AvgIpc) is 3.12. The molecular formula is C23H23N3OS. The van der Waals surface area contributed by atoms with Gasteiger partial charge < -0.3 is 5.11 Å². The molecule has 0 aliphatic rings. The van der Waals surface area contributed by atoms with Crippen molar-refractivity contribution in [1.82, 2.24) is 15.0 Å². The molecule has 0 saturated carbocycles. The Morgan fingerprint density at radius 2 is 1.64 bits per heavy atom. The van der Waals surface area contributed by atoms with Crippen LogP contribution >= 0.6 is 11.8 Å². The summed E-state index contributed by atoms with van der Waals surface area (Å²) in [6, 6.07) is 20.3. The second kappa shape index (κ2) is 8.07. The van der Waals surface area contributed by atoms with Gasteiger partial charge in [0.25, 0.3) is 0 Å². The molecule has 1 heterocycles. The van der Waals surface area contributed by atoms with E-state index in [0.717, 1.165) is 27.9 Å². The monoisotopic (exact) mass is 389 g/mol. The largest absolute Gasteiger partial charge is 0.506 e. The fourth-order valence-corrected chi connectivity index (χ4v) is 3.95. The van der Waals surface area contributed by atoms with Gasteiger partial charge in [0.2, 0.25) is 0 Å². The van der Waals surface area contributed by atoms with E-state index in [9.17, 15) is 5.11 Å². The molecule has 3 aromatic carbocycles. The molecule has 142 valence electrons. The highest BCUT2D eigenvalue weighted by Gasteiger charge is 2.10. The molecule has 4 aromatic rings. The van der Waals surface area contributed by atoms with Gasteiger partial charge in [-0.2, -0.15) is 0 Å². The van der Waals surface area contributed by atoms with Crippen LogP contribution in [0.1, 0.15) is 30.9 Å². The molecule has 0 unspecified atom stereocenters. The van der Waals surface area contributed by atoms with Crippen molar-refractivity contribution >= 4 is 22.8 Å². The van der Waals surface area contributed by atoms with Crippen molar-refractivity contribution in [2.45, 2.75) is 42.9 Å². The first-order valence-electron chi connectivity index (χ1n) is 9.56. The van der Waals surface area contributed by atoms with E-state index in [1.165, 1.54) is 28.1 Å². The molecule has 0 atom stereocenters. The molecule has 5 heteroatoms. The first kappa shape index (κ1) is 18.6. The summed E-state index contributed by atoms with van der Waals surface area (Å²) < 4.78 is 0. The molecule has 0 fully saturated rings. The van der Waals surface area contributed by atoms with Crippen LogP contribution in [0, 0.1) is 6.92 Å². The van der Waals surface area contributed by atoms with Crippen molar-refractivity contribution in [1.29, 1.82) is 0 Å². The Morgan fingerprint density at radius 3 is 2.43 bits per heavy atom. The van der Waals surface area contributed by atoms with Crippen LogP contribution in [0.2, 0.25) is 0 Å². The fourth-order valence-electron chi connectivity index (χ4n) is 3.10. The van der Waals surface area contributed by atoms with Crippen molar-refractivity contribution in [2.75, 3.05) is 0 Å². The Labute approximate surface area is 169 Å². The summed E-state index contributed by atoms with van der Waals surface area (Å²) in [5, 5.41) is 19.2. The minimum Gasteiger partial charge on any atom is -0.506 e. The number of fused-ring (bicyclic) bond motifs is 1. The number of rotatable bonds is 6. The minimum atomic E-state index is 0.170. The summed E-state index contributed by atoms with van der Waals surface area (Å²) in [5.41, 5.74) is 4.65. The van der Waals surface area contributed by atoms with Crippen LogP contribution in [-0.4, -0.2) is 20.1 Å². The van der Waals surface area contributed by atoms with Crippen molar-refractivity contribution in [3.63, 3.8) is 0 Å². The lowest BCUT2D eigenvalue weighted by atomic mass is 10.1. The lowest BCUT2D eigenvalue weighted by molar-refractivity contribution is 0.467. The summed E-state index contributed by atoms with van der Waals surface area (Å²) in [6.45, 7) is 4.20. The highest BCUT2D eigenvalue weighted by molar-refractivity contribution is 7.99. The molecule has 0 amide bonds. The predicted molar refractivity (Wildman–Crippen MR) is 114 cm³/mol.